The van der Waals surface area contributed by atoms with Crippen LogP contribution in [0.25, 0.3) is 0 Å². The summed E-state index contributed by atoms with van der Waals surface area (Å²) < 4.78 is 7.89. The minimum atomic E-state index is -1.79. The molecule has 0 aliphatic carbocycles. The van der Waals surface area contributed by atoms with E-state index < -0.39 is 8.32 Å². The standard InChI is InChI=1S/C23H33BrOSi/c1-18(25-26(5,6)23(2,3)4)22(20-13-15-21(24)16-14-20)17-12-19-10-8-7-9-11-19/h7-11,13-16,18,22H,12,17H2,1-6H3. The predicted octanol–water partition coefficient (Wildman–Crippen LogP) is 7.58. The maximum Gasteiger partial charge on any atom is 0.192 e. The van der Waals surface area contributed by atoms with E-state index in [1.54, 1.807) is 0 Å². The Kier molecular flexibility index (Phi) is 7.29. The summed E-state index contributed by atoms with van der Waals surface area (Å²) in [5.41, 5.74) is 2.77. The lowest BCUT2D eigenvalue weighted by Crippen LogP contribution is -2.44. The number of rotatable bonds is 7. The van der Waals surface area contributed by atoms with Crippen molar-refractivity contribution in [3.05, 3.63) is 70.2 Å². The first-order valence-corrected chi connectivity index (χ1v) is 13.3. The van der Waals surface area contributed by atoms with Crippen LogP contribution in [-0.4, -0.2) is 14.4 Å². The molecular weight excluding hydrogens is 400 g/mol. The van der Waals surface area contributed by atoms with Gasteiger partial charge in [0.15, 0.2) is 8.32 Å². The molecule has 26 heavy (non-hydrogen) atoms. The van der Waals surface area contributed by atoms with Crippen LogP contribution in [0.15, 0.2) is 59.1 Å². The van der Waals surface area contributed by atoms with Crippen LogP contribution in [0, 0.1) is 0 Å². The average molecular weight is 434 g/mol. The van der Waals surface area contributed by atoms with Crippen LogP contribution >= 0.6 is 15.9 Å². The highest BCUT2D eigenvalue weighted by atomic mass is 79.9. The number of hydrogen-bond donors (Lipinski definition) is 0. The highest BCUT2D eigenvalue weighted by Gasteiger charge is 2.39. The third-order valence-electron chi connectivity index (χ3n) is 5.74. The van der Waals surface area contributed by atoms with Gasteiger partial charge in [0.25, 0.3) is 0 Å². The van der Waals surface area contributed by atoms with Crippen LogP contribution in [0.5, 0.6) is 0 Å². The Morgan fingerprint density at radius 1 is 0.962 bits per heavy atom. The van der Waals surface area contributed by atoms with E-state index in [4.69, 9.17) is 4.43 Å². The SMILES string of the molecule is CC(O[Si](C)(C)C(C)(C)C)C(CCc1ccccc1)c1ccc(Br)cc1. The molecule has 0 aliphatic rings. The lowest BCUT2D eigenvalue weighted by Gasteiger charge is -2.40. The van der Waals surface area contributed by atoms with Gasteiger partial charge in [-0.3, -0.25) is 0 Å². The summed E-state index contributed by atoms with van der Waals surface area (Å²) in [4.78, 5) is 0. The van der Waals surface area contributed by atoms with E-state index in [9.17, 15) is 0 Å². The van der Waals surface area contributed by atoms with Crippen molar-refractivity contribution in [3.8, 4) is 0 Å². The summed E-state index contributed by atoms with van der Waals surface area (Å²) in [6, 6.07) is 19.5. The van der Waals surface area contributed by atoms with Gasteiger partial charge in [-0.2, -0.15) is 0 Å². The maximum absolute atomic E-state index is 6.76. The fourth-order valence-electron chi connectivity index (χ4n) is 3.07. The van der Waals surface area contributed by atoms with Crippen molar-refractivity contribution in [1.82, 2.24) is 0 Å². The van der Waals surface area contributed by atoms with Gasteiger partial charge < -0.3 is 4.43 Å². The number of hydrogen-bond acceptors (Lipinski definition) is 1. The van der Waals surface area contributed by atoms with Crippen LogP contribution in [0.3, 0.4) is 0 Å². The van der Waals surface area contributed by atoms with E-state index in [1.807, 2.05) is 0 Å². The normalized spacial score (nSPS) is 14.9. The Morgan fingerprint density at radius 3 is 2.08 bits per heavy atom. The van der Waals surface area contributed by atoms with Crippen LogP contribution < -0.4 is 0 Å². The molecule has 2 rings (SSSR count). The van der Waals surface area contributed by atoms with Crippen molar-refractivity contribution in [2.45, 2.75) is 70.7 Å². The van der Waals surface area contributed by atoms with E-state index in [2.05, 4.69) is 111 Å². The monoisotopic (exact) mass is 432 g/mol. The van der Waals surface area contributed by atoms with Crippen molar-refractivity contribution in [1.29, 1.82) is 0 Å². The number of benzene rings is 2. The average Bonchev–Trinajstić information content (AvgIpc) is 2.56. The summed E-state index contributed by atoms with van der Waals surface area (Å²) in [6.07, 6.45) is 2.38. The molecule has 0 saturated carbocycles. The highest BCUT2D eigenvalue weighted by molar-refractivity contribution is 9.10. The highest BCUT2D eigenvalue weighted by Crippen LogP contribution is 2.40. The summed E-state index contributed by atoms with van der Waals surface area (Å²) in [7, 11) is -1.79. The second kappa shape index (κ2) is 8.86. The van der Waals surface area contributed by atoms with Gasteiger partial charge in [0.1, 0.15) is 0 Å². The Hall–Kier alpha value is -0.903. The second-order valence-corrected chi connectivity index (χ2v) is 14.4. The third kappa shape index (κ3) is 5.80. The molecule has 1 nitrogen and oxygen atoms in total. The second-order valence-electron chi connectivity index (χ2n) is 8.77. The van der Waals surface area contributed by atoms with Crippen molar-refractivity contribution in [3.63, 3.8) is 0 Å². The first kappa shape index (κ1) is 21.4. The van der Waals surface area contributed by atoms with Gasteiger partial charge in [0, 0.05) is 16.5 Å². The largest absolute Gasteiger partial charge is 0.414 e. The zero-order valence-electron chi connectivity index (χ0n) is 17.1. The van der Waals surface area contributed by atoms with Gasteiger partial charge >= 0.3 is 0 Å². The van der Waals surface area contributed by atoms with Crippen LogP contribution in [0.4, 0.5) is 0 Å². The molecule has 2 unspecified atom stereocenters. The van der Waals surface area contributed by atoms with Gasteiger partial charge in [-0.05, 0) is 61.2 Å². The fraction of sp³-hybridized carbons (Fsp3) is 0.478. The lowest BCUT2D eigenvalue weighted by molar-refractivity contribution is 0.164. The molecule has 3 heteroatoms. The minimum absolute atomic E-state index is 0.209. The van der Waals surface area contributed by atoms with Crippen molar-refractivity contribution < 1.29 is 4.43 Å². The molecule has 0 bridgehead atoms. The zero-order chi connectivity index (χ0) is 19.4. The van der Waals surface area contributed by atoms with Gasteiger partial charge in [-0.1, -0.05) is 79.2 Å². The van der Waals surface area contributed by atoms with Crippen LogP contribution in [-0.2, 0) is 10.8 Å². The molecule has 2 atom stereocenters. The van der Waals surface area contributed by atoms with E-state index in [1.165, 1.54) is 11.1 Å². The maximum atomic E-state index is 6.76. The van der Waals surface area contributed by atoms with Crippen molar-refractivity contribution in [2.75, 3.05) is 0 Å². The summed E-state index contributed by atoms with van der Waals surface area (Å²) in [5, 5.41) is 0.227. The minimum Gasteiger partial charge on any atom is -0.414 e. The van der Waals surface area contributed by atoms with E-state index in [-0.39, 0.29) is 11.1 Å². The van der Waals surface area contributed by atoms with Crippen LogP contribution in [0.2, 0.25) is 18.1 Å². The lowest BCUT2D eigenvalue weighted by atomic mass is 9.88. The first-order chi connectivity index (χ1) is 12.1. The summed E-state index contributed by atoms with van der Waals surface area (Å²) in [5.74, 6) is 0.400. The smallest absolute Gasteiger partial charge is 0.192 e. The molecule has 2 aromatic carbocycles. The van der Waals surface area contributed by atoms with Crippen molar-refractivity contribution in [2.24, 2.45) is 0 Å². The molecule has 0 N–H and O–H groups in total. The molecular formula is C23H33BrOSi. The number of halogens is 1. The Morgan fingerprint density at radius 2 is 1.54 bits per heavy atom. The molecule has 0 aromatic heterocycles. The van der Waals surface area contributed by atoms with Crippen molar-refractivity contribution >= 4 is 24.2 Å². The molecule has 0 fully saturated rings. The van der Waals surface area contributed by atoms with E-state index in [0.29, 0.717) is 5.92 Å². The predicted molar refractivity (Wildman–Crippen MR) is 119 cm³/mol. The quantitative estimate of drug-likeness (QED) is 0.409. The molecule has 142 valence electrons. The summed E-state index contributed by atoms with van der Waals surface area (Å²) in [6.45, 7) is 13.9. The fourth-order valence-corrected chi connectivity index (χ4v) is 4.78. The number of aryl methyl sites for hydroxylation is 1. The molecule has 0 amide bonds. The molecule has 0 saturated heterocycles. The van der Waals surface area contributed by atoms with Crippen LogP contribution in [0.1, 0.15) is 51.2 Å². The molecule has 0 spiro atoms. The molecule has 2 aromatic rings. The van der Waals surface area contributed by atoms with Gasteiger partial charge in [0.05, 0.1) is 0 Å². The topological polar surface area (TPSA) is 9.23 Å². The van der Waals surface area contributed by atoms with E-state index in [0.717, 1.165) is 17.3 Å². The Bertz CT molecular complexity index is 674. The molecule has 0 radical (unpaired) electrons. The summed E-state index contributed by atoms with van der Waals surface area (Å²) >= 11 is 3.56. The van der Waals surface area contributed by atoms with E-state index >= 15 is 0 Å². The van der Waals surface area contributed by atoms with Gasteiger partial charge in [0.2, 0.25) is 0 Å². The molecule has 0 heterocycles. The molecule has 0 aliphatic heterocycles. The Balaban J connectivity index is 2.20. The van der Waals surface area contributed by atoms with Gasteiger partial charge in [-0.25, -0.2) is 0 Å². The first-order valence-electron chi connectivity index (χ1n) is 9.57. The Labute approximate surface area is 169 Å². The third-order valence-corrected chi connectivity index (χ3v) is 10.8. The zero-order valence-corrected chi connectivity index (χ0v) is 19.6. The van der Waals surface area contributed by atoms with Gasteiger partial charge in [-0.15, -0.1) is 0 Å².